The Morgan fingerprint density at radius 2 is 1.90 bits per heavy atom. The van der Waals surface area contributed by atoms with Crippen molar-refractivity contribution in [2.45, 2.75) is 89.3 Å². The van der Waals surface area contributed by atoms with Crippen molar-refractivity contribution in [3.8, 4) is 0 Å². The van der Waals surface area contributed by atoms with Crippen LogP contribution in [0.25, 0.3) is 11.0 Å². The maximum atomic E-state index is 15.5. The number of hydrogen-bond acceptors (Lipinski definition) is 9. The highest BCUT2D eigenvalue weighted by molar-refractivity contribution is 5.86. The number of likely N-dealkylation sites (tertiary alicyclic amines) is 2. The van der Waals surface area contributed by atoms with E-state index in [1.54, 1.807) is 20.8 Å². The van der Waals surface area contributed by atoms with Crippen molar-refractivity contribution >= 4 is 22.9 Å². The molecule has 40 heavy (non-hydrogen) atoms. The number of aromatic nitrogens is 3. The van der Waals surface area contributed by atoms with Gasteiger partial charge in [0.05, 0.1) is 10.8 Å². The number of nitrogens with zero attached hydrogens (tertiary/aromatic N) is 5. The molecule has 2 aromatic heterocycles. The van der Waals surface area contributed by atoms with Gasteiger partial charge in [0.1, 0.15) is 41.7 Å². The number of carbonyl (C=O) groups is 1. The second-order valence-electron chi connectivity index (χ2n) is 13.0. The average molecular weight is 565 g/mol. The van der Waals surface area contributed by atoms with Gasteiger partial charge in [-0.15, -0.1) is 0 Å². The molecule has 0 aliphatic carbocycles. The number of ether oxygens (including phenoxy) is 4. The van der Waals surface area contributed by atoms with Gasteiger partial charge >= 0.3 is 6.09 Å². The SMILES string of the molecule is CC(C)(C)OC(=O)N1CCC(F)(F)C2(CCN(C[C@H]3O[C@@H](n4ccc5c(N)ncnc54)[C@@H]4OC(C)(C)O[C@@H]43)C2)C1. The van der Waals surface area contributed by atoms with Crippen molar-refractivity contribution in [3.05, 3.63) is 18.6 Å². The second-order valence-corrected chi connectivity index (χ2v) is 13.0. The number of piperidine rings is 1. The Balaban J connectivity index is 1.20. The van der Waals surface area contributed by atoms with Gasteiger partial charge in [-0.2, -0.15) is 0 Å². The zero-order chi connectivity index (χ0) is 28.7. The van der Waals surface area contributed by atoms with Gasteiger partial charge in [-0.3, -0.25) is 4.90 Å². The van der Waals surface area contributed by atoms with E-state index in [1.807, 2.05) is 35.6 Å². The molecular formula is C27H38F2N6O5. The molecule has 0 saturated carbocycles. The fourth-order valence-electron chi connectivity index (χ4n) is 6.60. The highest BCUT2D eigenvalue weighted by Gasteiger charge is 2.62. The van der Waals surface area contributed by atoms with Crippen LogP contribution in [0.4, 0.5) is 19.4 Å². The smallest absolute Gasteiger partial charge is 0.410 e. The van der Waals surface area contributed by atoms with E-state index in [4.69, 9.17) is 24.7 Å². The summed E-state index contributed by atoms with van der Waals surface area (Å²) in [5.74, 6) is -3.36. The molecule has 5 atom stereocenters. The number of fused-ring (bicyclic) bond motifs is 2. The highest BCUT2D eigenvalue weighted by Crippen LogP contribution is 2.51. The predicted molar refractivity (Wildman–Crippen MR) is 141 cm³/mol. The highest BCUT2D eigenvalue weighted by atomic mass is 19.3. The van der Waals surface area contributed by atoms with Crippen LogP contribution >= 0.6 is 0 Å². The first-order valence-electron chi connectivity index (χ1n) is 13.8. The van der Waals surface area contributed by atoms with Crippen molar-refractivity contribution < 1.29 is 32.5 Å². The summed E-state index contributed by atoms with van der Waals surface area (Å²) in [5, 5.41) is 0.708. The van der Waals surface area contributed by atoms with Gasteiger partial charge in [-0.1, -0.05) is 0 Å². The fraction of sp³-hybridized carbons (Fsp3) is 0.741. The third-order valence-corrected chi connectivity index (χ3v) is 8.43. The standard InChI is InChI=1S/C27H38F2N6O5/c1-24(2,3)40-23(36)34-11-8-27(28,29)26(14-34)7-10-33(13-26)12-17-18-19(39-25(4,5)38-18)22(37-17)35-9-6-16-20(30)31-15-32-21(16)35/h6,9,15,17-19,22H,7-8,10-14H2,1-5H3,(H2,30,31,32)/t17-,18-,19-,22-,26?/m1/s1. The van der Waals surface area contributed by atoms with Gasteiger partial charge < -0.3 is 34.1 Å². The van der Waals surface area contributed by atoms with E-state index in [2.05, 4.69) is 9.97 Å². The molecule has 1 spiro atoms. The predicted octanol–water partition coefficient (Wildman–Crippen LogP) is 3.40. The van der Waals surface area contributed by atoms with E-state index < -0.39 is 53.4 Å². The summed E-state index contributed by atoms with van der Waals surface area (Å²) < 4.78 is 57.3. The monoisotopic (exact) mass is 564 g/mol. The van der Waals surface area contributed by atoms with Crippen LogP contribution in [-0.4, -0.2) is 98.8 Å². The maximum Gasteiger partial charge on any atom is 0.410 e. The van der Waals surface area contributed by atoms with Gasteiger partial charge in [0.25, 0.3) is 5.92 Å². The van der Waals surface area contributed by atoms with Crippen molar-refractivity contribution in [2.75, 3.05) is 38.5 Å². The number of alkyl halides is 2. The molecule has 4 saturated heterocycles. The molecule has 13 heteroatoms. The van der Waals surface area contributed by atoms with Crippen LogP contribution < -0.4 is 5.73 Å². The van der Waals surface area contributed by atoms with E-state index in [9.17, 15) is 4.79 Å². The quantitative estimate of drug-likeness (QED) is 0.599. The molecule has 0 radical (unpaired) electrons. The van der Waals surface area contributed by atoms with Gasteiger partial charge in [0, 0.05) is 38.8 Å². The van der Waals surface area contributed by atoms with E-state index in [0.717, 1.165) is 0 Å². The zero-order valence-electron chi connectivity index (χ0n) is 23.6. The lowest BCUT2D eigenvalue weighted by Crippen LogP contribution is -2.58. The van der Waals surface area contributed by atoms with Crippen molar-refractivity contribution in [1.82, 2.24) is 24.3 Å². The van der Waals surface area contributed by atoms with Gasteiger partial charge in [-0.25, -0.2) is 23.5 Å². The minimum absolute atomic E-state index is 0.0278. The topological polar surface area (TPSA) is 117 Å². The van der Waals surface area contributed by atoms with Crippen LogP contribution in [0, 0.1) is 5.41 Å². The third-order valence-electron chi connectivity index (χ3n) is 8.43. The summed E-state index contributed by atoms with van der Waals surface area (Å²) in [7, 11) is 0. The first kappa shape index (κ1) is 27.6. The second kappa shape index (κ2) is 9.20. The molecule has 1 amide bonds. The summed E-state index contributed by atoms with van der Waals surface area (Å²) >= 11 is 0. The van der Waals surface area contributed by atoms with Gasteiger partial charge in [0.15, 0.2) is 12.0 Å². The Labute approximate surface area is 231 Å². The van der Waals surface area contributed by atoms with E-state index in [0.29, 0.717) is 29.9 Å². The Bertz CT molecular complexity index is 1300. The van der Waals surface area contributed by atoms with Crippen LogP contribution in [0.3, 0.4) is 0 Å². The molecule has 6 heterocycles. The first-order valence-corrected chi connectivity index (χ1v) is 13.8. The summed E-state index contributed by atoms with van der Waals surface area (Å²) in [6, 6.07) is 1.84. The normalized spacial score (nSPS) is 33.6. The number of anilines is 1. The summed E-state index contributed by atoms with van der Waals surface area (Å²) in [6.07, 6.45) is 0.777. The lowest BCUT2D eigenvalue weighted by atomic mass is 9.75. The van der Waals surface area contributed by atoms with Crippen LogP contribution in [0.2, 0.25) is 0 Å². The van der Waals surface area contributed by atoms with Crippen LogP contribution in [0.15, 0.2) is 18.6 Å². The summed E-state index contributed by atoms with van der Waals surface area (Å²) in [6.45, 7) is 9.93. The fourth-order valence-corrected chi connectivity index (χ4v) is 6.60. The number of amides is 1. The molecule has 1 unspecified atom stereocenters. The van der Waals surface area contributed by atoms with E-state index >= 15 is 8.78 Å². The molecule has 4 aliphatic heterocycles. The van der Waals surface area contributed by atoms with Crippen LogP contribution in [0.1, 0.15) is 53.7 Å². The number of nitrogens with two attached hydrogens (primary N) is 1. The molecule has 220 valence electrons. The van der Waals surface area contributed by atoms with Gasteiger partial charge in [0.2, 0.25) is 0 Å². The number of halogens is 2. The average Bonchev–Trinajstić information content (AvgIpc) is 3.59. The van der Waals surface area contributed by atoms with Crippen molar-refractivity contribution in [1.29, 1.82) is 0 Å². The van der Waals surface area contributed by atoms with Crippen molar-refractivity contribution in [2.24, 2.45) is 5.41 Å². The lowest BCUT2D eigenvalue weighted by Gasteiger charge is -2.46. The lowest BCUT2D eigenvalue weighted by molar-refractivity contribution is -0.198. The largest absolute Gasteiger partial charge is 0.444 e. The molecule has 2 N–H and O–H groups in total. The Kier molecular flexibility index (Phi) is 6.34. The number of hydrogen-bond donors (Lipinski definition) is 1. The minimum Gasteiger partial charge on any atom is -0.444 e. The molecule has 0 bridgehead atoms. The Morgan fingerprint density at radius 3 is 2.65 bits per heavy atom. The number of carbonyl (C=O) groups excluding carboxylic acids is 1. The van der Waals surface area contributed by atoms with E-state index in [-0.39, 0.29) is 32.5 Å². The molecule has 6 rings (SSSR count). The number of nitrogen functional groups attached to an aromatic ring is 1. The molecule has 2 aromatic rings. The Hall–Kier alpha value is -2.61. The zero-order valence-corrected chi connectivity index (χ0v) is 23.6. The Morgan fingerprint density at radius 1 is 1.15 bits per heavy atom. The molecule has 11 nitrogen and oxygen atoms in total. The maximum absolute atomic E-state index is 15.5. The summed E-state index contributed by atoms with van der Waals surface area (Å²) in [5.41, 5.74) is 4.61. The van der Waals surface area contributed by atoms with Gasteiger partial charge in [-0.05, 0) is 53.7 Å². The number of rotatable bonds is 3. The molecule has 0 aromatic carbocycles. The molecule has 4 aliphatic rings. The van der Waals surface area contributed by atoms with Crippen molar-refractivity contribution in [3.63, 3.8) is 0 Å². The van der Waals surface area contributed by atoms with Crippen LogP contribution in [0.5, 0.6) is 0 Å². The van der Waals surface area contributed by atoms with E-state index in [1.165, 1.54) is 11.2 Å². The first-order chi connectivity index (χ1) is 18.7. The molecule has 4 fully saturated rings. The van der Waals surface area contributed by atoms with Crippen LogP contribution in [-0.2, 0) is 18.9 Å². The molecular weight excluding hydrogens is 526 g/mol. The third kappa shape index (κ3) is 4.70. The summed E-state index contributed by atoms with van der Waals surface area (Å²) in [4.78, 5) is 24.6. The minimum atomic E-state index is -2.90.